The van der Waals surface area contributed by atoms with Gasteiger partial charge < -0.3 is 15.2 Å². The van der Waals surface area contributed by atoms with E-state index in [2.05, 4.69) is 37.9 Å². The Hall–Kier alpha value is -3.09. The van der Waals surface area contributed by atoms with Crippen molar-refractivity contribution in [1.82, 2.24) is 0 Å². The van der Waals surface area contributed by atoms with Gasteiger partial charge in [0.2, 0.25) is 0 Å². The molecule has 0 amide bonds. The number of nitrogens with two attached hydrogens (primary N) is 1. The molecule has 1 aliphatic rings. The van der Waals surface area contributed by atoms with Crippen LogP contribution in [0.2, 0.25) is 0 Å². The highest BCUT2D eigenvalue weighted by Crippen LogP contribution is 2.46. The number of carbonyl (C=O) groups is 2. The van der Waals surface area contributed by atoms with Gasteiger partial charge in [0, 0.05) is 8.95 Å². The van der Waals surface area contributed by atoms with Crippen LogP contribution in [0.3, 0.4) is 0 Å². The maximum atomic E-state index is 13.1. The van der Waals surface area contributed by atoms with Crippen molar-refractivity contribution < 1.29 is 19.1 Å². The molecule has 0 fully saturated rings. The normalized spacial score (nSPS) is 16.0. The van der Waals surface area contributed by atoms with Gasteiger partial charge >= 0.3 is 11.9 Å². The molecule has 1 unspecified atom stereocenters. The van der Waals surface area contributed by atoms with Gasteiger partial charge in [-0.25, -0.2) is 9.59 Å². The number of benzene rings is 2. The highest BCUT2D eigenvalue weighted by molar-refractivity contribution is 9.11. The Morgan fingerprint density at radius 1 is 1.09 bits per heavy atom. The van der Waals surface area contributed by atoms with Crippen molar-refractivity contribution in [3.05, 3.63) is 85.2 Å². The van der Waals surface area contributed by atoms with Crippen molar-refractivity contribution >= 4 is 49.5 Å². The van der Waals surface area contributed by atoms with Crippen LogP contribution in [-0.2, 0) is 19.1 Å². The third-order valence-electron chi connectivity index (χ3n) is 5.05. The minimum atomic E-state index is -0.909. The first-order chi connectivity index (χ1) is 15.3. The van der Waals surface area contributed by atoms with E-state index in [0.29, 0.717) is 15.7 Å². The topological polar surface area (TPSA) is 106 Å². The van der Waals surface area contributed by atoms with Gasteiger partial charge in [-0.3, -0.25) is 4.90 Å². The number of hydrogen-bond donors (Lipinski definition) is 1. The molecule has 2 N–H and O–H groups in total. The highest BCUT2D eigenvalue weighted by atomic mass is 79.9. The van der Waals surface area contributed by atoms with E-state index in [4.69, 9.17) is 15.2 Å². The second-order valence-electron chi connectivity index (χ2n) is 6.89. The Kier molecular flexibility index (Phi) is 7.06. The lowest BCUT2D eigenvalue weighted by Gasteiger charge is -2.37. The fraction of sp³-hybridized carbons (Fsp3) is 0.174. The van der Waals surface area contributed by atoms with Gasteiger partial charge in [-0.15, -0.1) is 0 Å². The molecule has 2 aromatic carbocycles. The Labute approximate surface area is 202 Å². The van der Waals surface area contributed by atoms with Crippen molar-refractivity contribution in [3.8, 4) is 6.07 Å². The molecule has 1 atom stereocenters. The van der Waals surface area contributed by atoms with Gasteiger partial charge in [-0.1, -0.05) is 46.3 Å². The summed E-state index contributed by atoms with van der Waals surface area (Å²) >= 11 is 6.95. The van der Waals surface area contributed by atoms with Crippen LogP contribution in [0.25, 0.3) is 0 Å². The summed E-state index contributed by atoms with van der Waals surface area (Å²) in [5.41, 5.74) is 8.31. The number of allylic oxidation sites excluding steroid dienone is 1. The van der Waals surface area contributed by atoms with Crippen molar-refractivity contribution in [2.45, 2.75) is 12.8 Å². The molecular formula is C23H19Br2N3O4. The second-order valence-corrected chi connectivity index (χ2v) is 8.66. The average Bonchev–Trinajstić information content (AvgIpc) is 2.78. The van der Waals surface area contributed by atoms with Gasteiger partial charge in [0.1, 0.15) is 11.5 Å². The van der Waals surface area contributed by atoms with Gasteiger partial charge in [-0.05, 0) is 46.1 Å². The number of carbonyl (C=O) groups excluding carboxylic acids is 2. The maximum Gasteiger partial charge on any atom is 0.355 e. The van der Waals surface area contributed by atoms with Crippen LogP contribution in [0, 0.1) is 18.3 Å². The van der Waals surface area contributed by atoms with Crippen LogP contribution in [0.15, 0.2) is 74.1 Å². The predicted octanol–water partition coefficient (Wildman–Crippen LogP) is 4.42. The summed E-state index contributed by atoms with van der Waals surface area (Å²) in [6.45, 7) is 1.82. The van der Waals surface area contributed by atoms with E-state index in [9.17, 15) is 14.9 Å². The molecule has 0 spiro atoms. The zero-order valence-electron chi connectivity index (χ0n) is 17.5. The Bertz CT molecular complexity index is 1180. The standard InChI is InChI=1S/C23H19Br2N3O4/c1-12-9-14(24)10-16(25)19(12)28-20(23(30)32-3)18(22(29)31-2)17(15(11-26)21(28)27)13-7-5-4-6-8-13/h4-10,17H,27H2,1-3H3. The van der Waals surface area contributed by atoms with Crippen LogP contribution in [-0.4, -0.2) is 26.2 Å². The number of esters is 2. The lowest BCUT2D eigenvalue weighted by Crippen LogP contribution is -2.41. The van der Waals surface area contributed by atoms with E-state index in [0.717, 1.165) is 10.0 Å². The summed E-state index contributed by atoms with van der Waals surface area (Å²) in [4.78, 5) is 27.5. The maximum absolute atomic E-state index is 13.1. The van der Waals surface area contributed by atoms with Gasteiger partial charge in [-0.2, -0.15) is 5.26 Å². The number of nitriles is 1. The van der Waals surface area contributed by atoms with E-state index in [1.165, 1.54) is 19.1 Å². The van der Waals surface area contributed by atoms with Crippen LogP contribution in [0.4, 0.5) is 5.69 Å². The Morgan fingerprint density at radius 3 is 2.25 bits per heavy atom. The first kappa shape index (κ1) is 23.6. The second kappa shape index (κ2) is 9.59. The van der Waals surface area contributed by atoms with Crippen LogP contribution in [0.5, 0.6) is 0 Å². The largest absolute Gasteiger partial charge is 0.466 e. The quantitative estimate of drug-likeness (QED) is 0.552. The predicted molar refractivity (Wildman–Crippen MR) is 126 cm³/mol. The number of ether oxygens (including phenoxy) is 2. The number of hydrogen-bond acceptors (Lipinski definition) is 7. The zero-order chi connectivity index (χ0) is 23.6. The van der Waals surface area contributed by atoms with Gasteiger partial charge in [0.25, 0.3) is 0 Å². The molecule has 9 heteroatoms. The fourth-order valence-electron chi connectivity index (χ4n) is 3.72. The van der Waals surface area contributed by atoms with Crippen LogP contribution >= 0.6 is 31.9 Å². The number of rotatable bonds is 4. The average molecular weight is 561 g/mol. The van der Waals surface area contributed by atoms with E-state index in [1.807, 2.05) is 19.1 Å². The summed E-state index contributed by atoms with van der Waals surface area (Å²) in [5.74, 6) is -2.45. The van der Waals surface area contributed by atoms with Gasteiger partial charge in [0.05, 0.1) is 43.0 Å². The Balaban J connectivity index is 2.48. The summed E-state index contributed by atoms with van der Waals surface area (Å²) in [7, 11) is 2.42. The first-order valence-corrected chi connectivity index (χ1v) is 11.0. The molecule has 32 heavy (non-hydrogen) atoms. The molecule has 2 aromatic rings. The minimum absolute atomic E-state index is 0.0144. The molecule has 0 saturated heterocycles. The molecule has 164 valence electrons. The minimum Gasteiger partial charge on any atom is -0.466 e. The third kappa shape index (κ3) is 4.04. The first-order valence-electron chi connectivity index (χ1n) is 9.38. The molecule has 0 bridgehead atoms. The van der Waals surface area contributed by atoms with Crippen molar-refractivity contribution in [1.29, 1.82) is 5.26 Å². The van der Waals surface area contributed by atoms with E-state index >= 15 is 0 Å². The number of methoxy groups -OCH3 is 2. The van der Waals surface area contributed by atoms with Crippen molar-refractivity contribution in [2.75, 3.05) is 19.1 Å². The number of anilines is 1. The molecule has 7 nitrogen and oxygen atoms in total. The Morgan fingerprint density at radius 2 is 1.72 bits per heavy atom. The van der Waals surface area contributed by atoms with E-state index in [1.54, 1.807) is 30.3 Å². The lowest BCUT2D eigenvalue weighted by molar-refractivity contribution is -0.139. The molecule has 1 heterocycles. The highest BCUT2D eigenvalue weighted by Gasteiger charge is 2.43. The molecule has 0 radical (unpaired) electrons. The molecule has 3 rings (SSSR count). The van der Waals surface area contributed by atoms with E-state index < -0.39 is 17.9 Å². The van der Waals surface area contributed by atoms with E-state index in [-0.39, 0.29) is 22.7 Å². The molecule has 1 aliphatic heterocycles. The summed E-state index contributed by atoms with van der Waals surface area (Å²) in [6.07, 6.45) is 0. The zero-order valence-corrected chi connectivity index (χ0v) is 20.7. The number of aryl methyl sites for hydroxylation is 1. The molecular weight excluding hydrogens is 542 g/mol. The number of halogens is 2. The smallest absolute Gasteiger partial charge is 0.355 e. The summed E-state index contributed by atoms with van der Waals surface area (Å²) in [5, 5.41) is 10.1. The third-order valence-corrected chi connectivity index (χ3v) is 6.12. The van der Waals surface area contributed by atoms with Crippen LogP contribution < -0.4 is 10.6 Å². The summed E-state index contributed by atoms with van der Waals surface area (Å²) in [6, 6.07) is 14.6. The van der Waals surface area contributed by atoms with Crippen molar-refractivity contribution in [3.63, 3.8) is 0 Å². The summed E-state index contributed by atoms with van der Waals surface area (Å²) < 4.78 is 11.5. The lowest BCUT2D eigenvalue weighted by atomic mass is 9.81. The molecule has 0 aliphatic carbocycles. The van der Waals surface area contributed by atoms with Gasteiger partial charge in [0.15, 0.2) is 0 Å². The monoisotopic (exact) mass is 559 g/mol. The molecule has 0 aromatic heterocycles. The molecule has 0 saturated carbocycles. The SMILES string of the molecule is COC(=O)C1=C(C(=O)OC)N(c2c(C)cc(Br)cc2Br)C(N)=C(C#N)C1c1ccccc1. The number of nitrogens with zero attached hydrogens (tertiary/aromatic N) is 2. The van der Waals surface area contributed by atoms with Crippen molar-refractivity contribution in [2.24, 2.45) is 5.73 Å². The fourth-order valence-corrected chi connectivity index (χ4v) is 5.34. The van der Waals surface area contributed by atoms with Crippen LogP contribution in [0.1, 0.15) is 17.0 Å².